The quantitative estimate of drug-likeness (QED) is 0.302. The topological polar surface area (TPSA) is 57.7 Å². The largest absolute Gasteiger partial charge is 0.379 e. The zero-order valence-electron chi connectivity index (χ0n) is 21.1. The lowest BCUT2D eigenvalue weighted by molar-refractivity contribution is -0.116. The smallest absolute Gasteiger partial charge is 0.243 e. The molecule has 1 aliphatic heterocycles. The normalized spacial score (nSPS) is 18.0. The van der Waals surface area contributed by atoms with Crippen molar-refractivity contribution >= 4 is 12.0 Å². The Morgan fingerprint density at radius 1 is 1.06 bits per heavy atom. The number of carbonyl (C=O) groups is 1. The van der Waals surface area contributed by atoms with E-state index in [9.17, 15) is 4.79 Å². The SMILES string of the molecule is O=C(C=Cc1cccnc1)NCCCCCCCN(CCCN1CCOCC1)C1CCCCC1. The van der Waals surface area contributed by atoms with Gasteiger partial charge in [-0.25, -0.2) is 0 Å². The van der Waals surface area contributed by atoms with E-state index in [0.29, 0.717) is 0 Å². The van der Waals surface area contributed by atoms with Crippen LogP contribution >= 0.6 is 0 Å². The standard InChI is InChI=1S/C28H46N4O2/c33-28(15-14-26-11-9-16-29-25-26)30-17-7-2-1-3-8-19-32(27-12-5-4-6-13-27)20-10-18-31-21-23-34-24-22-31/h9,11,14-16,25,27H,1-8,10,12-13,17-24H2,(H,30,33). The molecule has 34 heavy (non-hydrogen) atoms. The van der Waals surface area contributed by atoms with E-state index in [4.69, 9.17) is 4.74 Å². The number of nitrogens with one attached hydrogen (secondary N) is 1. The molecule has 6 nitrogen and oxygen atoms in total. The van der Waals surface area contributed by atoms with E-state index in [2.05, 4.69) is 20.1 Å². The van der Waals surface area contributed by atoms with Crippen molar-refractivity contribution in [3.05, 3.63) is 36.2 Å². The molecule has 2 fully saturated rings. The van der Waals surface area contributed by atoms with Crippen molar-refractivity contribution in [1.82, 2.24) is 20.1 Å². The number of unbranched alkanes of at least 4 members (excludes halogenated alkanes) is 4. The summed E-state index contributed by atoms with van der Waals surface area (Å²) >= 11 is 0. The van der Waals surface area contributed by atoms with Crippen molar-refractivity contribution in [1.29, 1.82) is 0 Å². The third-order valence-corrected chi connectivity index (χ3v) is 7.15. The summed E-state index contributed by atoms with van der Waals surface area (Å²) in [6.45, 7) is 8.48. The van der Waals surface area contributed by atoms with Gasteiger partial charge in [0.2, 0.25) is 5.91 Å². The van der Waals surface area contributed by atoms with Gasteiger partial charge in [-0.05, 0) is 69.4 Å². The first-order chi connectivity index (χ1) is 16.8. The van der Waals surface area contributed by atoms with E-state index in [0.717, 1.165) is 50.9 Å². The van der Waals surface area contributed by atoms with Crippen LogP contribution in [-0.2, 0) is 9.53 Å². The van der Waals surface area contributed by atoms with Crippen molar-refractivity contribution < 1.29 is 9.53 Å². The van der Waals surface area contributed by atoms with E-state index >= 15 is 0 Å². The Balaban J connectivity index is 1.23. The van der Waals surface area contributed by atoms with Crippen LogP contribution in [-0.4, -0.2) is 79.2 Å². The number of morpholine rings is 1. The van der Waals surface area contributed by atoms with Gasteiger partial charge in [-0.15, -0.1) is 0 Å². The Kier molecular flexibility index (Phi) is 13.3. The predicted octanol–water partition coefficient (Wildman–Crippen LogP) is 4.52. The van der Waals surface area contributed by atoms with Crippen LogP contribution in [0.4, 0.5) is 0 Å². The van der Waals surface area contributed by atoms with Crippen molar-refractivity contribution in [2.45, 2.75) is 76.7 Å². The second kappa shape index (κ2) is 16.8. The van der Waals surface area contributed by atoms with Gasteiger partial charge in [0.1, 0.15) is 0 Å². The van der Waals surface area contributed by atoms with Crippen molar-refractivity contribution in [3.8, 4) is 0 Å². The summed E-state index contributed by atoms with van der Waals surface area (Å²) in [6.07, 6.45) is 21.3. The number of rotatable bonds is 15. The van der Waals surface area contributed by atoms with Gasteiger partial charge in [-0.3, -0.25) is 14.7 Å². The van der Waals surface area contributed by atoms with Crippen LogP contribution in [0.25, 0.3) is 6.08 Å². The van der Waals surface area contributed by atoms with Crippen LogP contribution in [0.3, 0.4) is 0 Å². The summed E-state index contributed by atoms with van der Waals surface area (Å²) in [6, 6.07) is 4.63. The van der Waals surface area contributed by atoms with E-state index in [-0.39, 0.29) is 5.91 Å². The first kappa shape index (κ1) is 26.8. The number of pyridine rings is 1. The number of ether oxygens (including phenoxy) is 1. The molecule has 190 valence electrons. The van der Waals surface area contributed by atoms with Gasteiger partial charge in [-0.2, -0.15) is 0 Å². The number of nitrogens with zero attached hydrogens (tertiary/aromatic N) is 3. The Morgan fingerprint density at radius 3 is 2.62 bits per heavy atom. The molecule has 0 unspecified atom stereocenters. The molecule has 1 aliphatic carbocycles. The fraction of sp³-hybridized carbons (Fsp3) is 0.714. The molecule has 3 rings (SSSR count). The van der Waals surface area contributed by atoms with Crippen LogP contribution in [0.15, 0.2) is 30.6 Å². The minimum absolute atomic E-state index is 0.0240. The number of hydrogen-bond acceptors (Lipinski definition) is 5. The fourth-order valence-corrected chi connectivity index (χ4v) is 5.13. The van der Waals surface area contributed by atoms with Crippen molar-refractivity contribution in [2.75, 3.05) is 52.5 Å². The summed E-state index contributed by atoms with van der Waals surface area (Å²) in [4.78, 5) is 21.4. The summed E-state index contributed by atoms with van der Waals surface area (Å²) in [7, 11) is 0. The Bertz CT molecular complexity index is 685. The van der Waals surface area contributed by atoms with Gasteiger partial charge in [0.15, 0.2) is 0 Å². The van der Waals surface area contributed by atoms with Crippen molar-refractivity contribution in [3.63, 3.8) is 0 Å². The number of amides is 1. The summed E-state index contributed by atoms with van der Waals surface area (Å²) in [5.74, 6) is -0.0240. The average molecular weight is 471 g/mol. The molecule has 2 heterocycles. The van der Waals surface area contributed by atoms with Crippen LogP contribution in [0, 0.1) is 0 Å². The third kappa shape index (κ3) is 11.1. The van der Waals surface area contributed by atoms with Gasteiger partial charge in [0.25, 0.3) is 0 Å². The Morgan fingerprint density at radius 2 is 1.82 bits per heavy atom. The number of carbonyl (C=O) groups excluding carboxylic acids is 1. The first-order valence-corrected chi connectivity index (χ1v) is 13.7. The maximum Gasteiger partial charge on any atom is 0.243 e. The van der Waals surface area contributed by atoms with Crippen molar-refractivity contribution in [2.24, 2.45) is 0 Å². The summed E-state index contributed by atoms with van der Waals surface area (Å²) < 4.78 is 5.48. The maximum atomic E-state index is 11.9. The van der Waals surface area contributed by atoms with Crippen LogP contribution < -0.4 is 5.32 Å². The molecule has 1 N–H and O–H groups in total. The van der Waals surface area contributed by atoms with Gasteiger partial charge in [0.05, 0.1) is 13.2 Å². The third-order valence-electron chi connectivity index (χ3n) is 7.15. The van der Waals surface area contributed by atoms with Gasteiger partial charge in [0, 0.05) is 44.1 Å². The summed E-state index contributed by atoms with van der Waals surface area (Å²) in [5.41, 5.74) is 0.945. The van der Waals surface area contributed by atoms with E-state index in [1.54, 1.807) is 24.5 Å². The zero-order chi connectivity index (χ0) is 23.7. The number of hydrogen-bond donors (Lipinski definition) is 1. The lowest BCUT2D eigenvalue weighted by Gasteiger charge is -2.35. The molecule has 1 saturated carbocycles. The van der Waals surface area contributed by atoms with Crippen LogP contribution in [0.1, 0.15) is 76.2 Å². The molecule has 0 bridgehead atoms. The van der Waals surface area contributed by atoms with Crippen LogP contribution in [0.5, 0.6) is 0 Å². The van der Waals surface area contributed by atoms with Crippen LogP contribution in [0.2, 0.25) is 0 Å². The fourth-order valence-electron chi connectivity index (χ4n) is 5.13. The zero-order valence-corrected chi connectivity index (χ0v) is 21.1. The first-order valence-electron chi connectivity index (χ1n) is 13.7. The lowest BCUT2D eigenvalue weighted by atomic mass is 9.93. The molecule has 6 heteroatoms. The molecule has 0 atom stereocenters. The molecule has 1 aromatic heterocycles. The second-order valence-electron chi connectivity index (χ2n) is 9.81. The second-order valence-corrected chi connectivity index (χ2v) is 9.81. The number of aromatic nitrogens is 1. The Labute approximate surface area is 207 Å². The highest BCUT2D eigenvalue weighted by Gasteiger charge is 2.21. The van der Waals surface area contributed by atoms with Gasteiger partial charge < -0.3 is 15.0 Å². The molecular formula is C28H46N4O2. The van der Waals surface area contributed by atoms with E-state index in [1.807, 2.05) is 12.1 Å². The summed E-state index contributed by atoms with van der Waals surface area (Å²) in [5, 5.41) is 2.99. The highest BCUT2D eigenvalue weighted by atomic mass is 16.5. The van der Waals surface area contributed by atoms with E-state index < -0.39 is 0 Å². The molecule has 1 amide bonds. The molecule has 0 radical (unpaired) electrons. The van der Waals surface area contributed by atoms with E-state index in [1.165, 1.54) is 83.8 Å². The lowest BCUT2D eigenvalue weighted by Crippen LogP contribution is -2.41. The highest BCUT2D eigenvalue weighted by molar-refractivity contribution is 5.91. The minimum Gasteiger partial charge on any atom is -0.379 e. The predicted molar refractivity (Wildman–Crippen MR) is 140 cm³/mol. The monoisotopic (exact) mass is 470 g/mol. The molecule has 0 spiro atoms. The highest BCUT2D eigenvalue weighted by Crippen LogP contribution is 2.23. The molecule has 1 aromatic rings. The molecule has 0 aromatic carbocycles. The maximum absolute atomic E-state index is 11.9. The minimum atomic E-state index is -0.0240. The van der Waals surface area contributed by atoms with Gasteiger partial charge >= 0.3 is 0 Å². The average Bonchev–Trinajstić information content (AvgIpc) is 2.89. The molecule has 2 aliphatic rings. The Hall–Kier alpha value is -1.76. The van der Waals surface area contributed by atoms with Gasteiger partial charge in [-0.1, -0.05) is 44.6 Å². The molecular weight excluding hydrogens is 424 g/mol. The molecule has 1 saturated heterocycles.